The second-order valence-corrected chi connectivity index (χ2v) is 7.87. The van der Waals surface area contributed by atoms with Gasteiger partial charge in [0.2, 0.25) is 0 Å². The van der Waals surface area contributed by atoms with E-state index in [2.05, 4.69) is 0 Å². The molecule has 2 nitrogen and oxygen atoms in total. The molecule has 1 heterocycles. The second-order valence-electron chi connectivity index (χ2n) is 3.96. The molecule has 1 aromatic rings. The van der Waals surface area contributed by atoms with E-state index in [9.17, 15) is 9.13 Å². The predicted octanol–water partition coefficient (Wildman–Crippen LogP) is 3.13. The summed E-state index contributed by atoms with van der Waals surface area (Å²) in [7, 11) is -2.13. The highest BCUT2D eigenvalue weighted by Crippen LogP contribution is 2.57. The Labute approximate surface area is 91.7 Å². The van der Waals surface area contributed by atoms with E-state index in [0.717, 1.165) is 24.3 Å². The van der Waals surface area contributed by atoms with Crippen molar-refractivity contribution in [1.29, 1.82) is 0 Å². The van der Waals surface area contributed by atoms with Gasteiger partial charge in [-0.25, -0.2) is 0 Å². The topological polar surface area (TPSA) is 34.1 Å². The monoisotopic (exact) mass is 240 g/mol. The summed E-state index contributed by atoms with van der Waals surface area (Å²) in [6.07, 6.45) is 3.30. The zero-order valence-corrected chi connectivity index (χ0v) is 10.3. The van der Waals surface area contributed by atoms with E-state index in [4.69, 9.17) is 0 Å². The van der Waals surface area contributed by atoms with Crippen molar-refractivity contribution in [2.24, 2.45) is 0 Å². The van der Waals surface area contributed by atoms with Crippen LogP contribution in [0.25, 0.3) is 0 Å². The molecule has 1 aromatic carbocycles. The number of rotatable bonds is 3. The van der Waals surface area contributed by atoms with Crippen LogP contribution in [-0.2, 0) is 9.13 Å². The molecule has 4 heteroatoms. The molecule has 0 unspecified atom stereocenters. The molecule has 1 aliphatic heterocycles. The van der Waals surface area contributed by atoms with Gasteiger partial charge in [-0.3, -0.25) is 4.57 Å². The smallest absolute Gasteiger partial charge is 0.156 e. The normalized spacial score (nSPS) is 30.8. The van der Waals surface area contributed by atoms with Crippen molar-refractivity contribution in [2.75, 3.05) is 12.3 Å². The van der Waals surface area contributed by atoms with Gasteiger partial charge < -0.3 is 4.57 Å². The van der Waals surface area contributed by atoms with E-state index in [1.165, 1.54) is 0 Å². The zero-order valence-electron chi connectivity index (χ0n) is 8.50. The summed E-state index contributed by atoms with van der Waals surface area (Å²) in [6, 6.07) is 9.69. The molecule has 2 atom stereocenters. The molecule has 0 amide bonds. The van der Waals surface area contributed by atoms with E-state index < -0.39 is 7.14 Å². The average Bonchev–Trinajstić information content (AvgIpc) is 2.64. The lowest BCUT2D eigenvalue weighted by molar-refractivity contribution is 0.576. The van der Waals surface area contributed by atoms with Gasteiger partial charge in [0.1, 0.15) is 7.14 Å². The fourth-order valence-corrected chi connectivity index (χ4v) is 6.87. The van der Waals surface area contributed by atoms with E-state index in [-0.39, 0.29) is 14.1 Å². The van der Waals surface area contributed by atoms with Crippen LogP contribution in [0.1, 0.15) is 12.8 Å². The van der Waals surface area contributed by atoms with Crippen molar-refractivity contribution in [3.8, 4) is 0 Å². The maximum Gasteiger partial charge on any atom is 0.156 e. The largest absolute Gasteiger partial charge is 0.318 e. The first-order valence-corrected chi connectivity index (χ1v) is 8.17. The third kappa shape index (κ3) is 2.07. The van der Waals surface area contributed by atoms with Gasteiger partial charge in [-0.15, -0.1) is 0 Å². The van der Waals surface area contributed by atoms with E-state index in [0.29, 0.717) is 6.16 Å². The number of hydrogen-bond donors (Lipinski definition) is 0. The lowest BCUT2D eigenvalue weighted by Crippen LogP contribution is -2.15. The van der Waals surface area contributed by atoms with Gasteiger partial charge in [-0.05, 0) is 12.8 Å². The van der Waals surface area contributed by atoms with Crippen molar-refractivity contribution >= 4 is 20.9 Å². The molecule has 2 rings (SSSR count). The summed E-state index contributed by atoms with van der Waals surface area (Å²) in [5.41, 5.74) is 0.138. The Morgan fingerprint density at radius 1 is 1.33 bits per heavy atom. The van der Waals surface area contributed by atoms with Crippen LogP contribution in [0.3, 0.4) is 0 Å². The molecule has 0 bridgehead atoms. The van der Waals surface area contributed by atoms with Crippen LogP contribution in [0.5, 0.6) is 0 Å². The molecule has 15 heavy (non-hydrogen) atoms. The molecule has 1 aliphatic rings. The fourth-order valence-electron chi connectivity index (χ4n) is 2.28. The SMILES string of the molecule is O=PC[C@H]1CCC[P@]1(=O)c1ccccc1. The molecule has 0 aromatic heterocycles. The molecule has 1 saturated heterocycles. The highest BCUT2D eigenvalue weighted by atomic mass is 31.2. The number of benzene rings is 1. The summed E-state index contributed by atoms with van der Waals surface area (Å²) in [5, 5.41) is 0.969. The van der Waals surface area contributed by atoms with Gasteiger partial charge in [0.25, 0.3) is 0 Å². The maximum atomic E-state index is 12.8. The first-order valence-electron chi connectivity index (χ1n) is 5.21. The first kappa shape index (κ1) is 11.0. The van der Waals surface area contributed by atoms with Crippen LogP contribution in [0.2, 0.25) is 0 Å². The van der Waals surface area contributed by atoms with Gasteiger partial charge >= 0.3 is 0 Å². The minimum atomic E-state index is -2.26. The highest BCUT2D eigenvalue weighted by Gasteiger charge is 2.38. The predicted molar refractivity (Wildman–Crippen MR) is 64.0 cm³/mol. The van der Waals surface area contributed by atoms with Gasteiger partial charge in [0.15, 0.2) is 8.46 Å². The second kappa shape index (κ2) is 4.60. The summed E-state index contributed by atoms with van der Waals surface area (Å²) in [5.74, 6) is 0. The average molecular weight is 240 g/mol. The lowest BCUT2D eigenvalue weighted by atomic mass is 10.3. The third-order valence-corrected chi connectivity index (χ3v) is 7.75. The quantitative estimate of drug-likeness (QED) is 0.760. The fraction of sp³-hybridized carbons (Fsp3) is 0.455. The van der Waals surface area contributed by atoms with Gasteiger partial charge in [-0.2, -0.15) is 0 Å². The van der Waals surface area contributed by atoms with Crippen LogP contribution in [-0.4, -0.2) is 18.0 Å². The van der Waals surface area contributed by atoms with Gasteiger partial charge in [-0.1, -0.05) is 30.3 Å². The van der Waals surface area contributed by atoms with Crippen LogP contribution in [0.4, 0.5) is 0 Å². The summed E-state index contributed by atoms with van der Waals surface area (Å²) in [4.78, 5) is 0. The lowest BCUT2D eigenvalue weighted by Gasteiger charge is -2.18. The summed E-state index contributed by atoms with van der Waals surface area (Å²) >= 11 is 0. The Morgan fingerprint density at radius 3 is 2.73 bits per heavy atom. The molecular formula is C11H14O2P2. The minimum Gasteiger partial charge on any atom is -0.318 e. The highest BCUT2D eigenvalue weighted by molar-refractivity contribution is 7.72. The van der Waals surface area contributed by atoms with Crippen LogP contribution in [0.15, 0.2) is 30.3 Å². The zero-order chi connectivity index (χ0) is 10.7. The van der Waals surface area contributed by atoms with Gasteiger partial charge in [0.05, 0.1) is 0 Å². The standard InChI is InChI=1S/C11H14O2P2/c12-14-9-11-7-4-8-15(11,13)10-5-2-1-3-6-10/h1-3,5-6,11H,4,7-9H2/t11-,15+/m1/s1. The first-order chi connectivity index (χ1) is 7.27. The molecular weight excluding hydrogens is 226 g/mol. The van der Waals surface area contributed by atoms with E-state index in [1.807, 2.05) is 30.3 Å². The molecule has 80 valence electrons. The Balaban J connectivity index is 2.33. The third-order valence-electron chi connectivity index (χ3n) is 3.10. The summed E-state index contributed by atoms with van der Waals surface area (Å²) < 4.78 is 23.4. The van der Waals surface area contributed by atoms with Crippen molar-refractivity contribution in [3.63, 3.8) is 0 Å². The molecule has 0 radical (unpaired) electrons. The van der Waals surface area contributed by atoms with Crippen molar-refractivity contribution < 1.29 is 9.13 Å². The van der Waals surface area contributed by atoms with Crippen molar-refractivity contribution in [3.05, 3.63) is 30.3 Å². The van der Waals surface area contributed by atoms with Crippen molar-refractivity contribution in [1.82, 2.24) is 0 Å². The molecule has 0 saturated carbocycles. The van der Waals surface area contributed by atoms with Crippen molar-refractivity contribution in [2.45, 2.75) is 18.5 Å². The van der Waals surface area contributed by atoms with Crippen LogP contribution >= 0.6 is 15.6 Å². The molecule has 0 spiro atoms. The van der Waals surface area contributed by atoms with E-state index >= 15 is 0 Å². The molecule has 0 aliphatic carbocycles. The Bertz CT molecular complexity index is 389. The van der Waals surface area contributed by atoms with Crippen LogP contribution < -0.4 is 5.30 Å². The van der Waals surface area contributed by atoms with Crippen LogP contribution in [0, 0.1) is 0 Å². The Hall–Kier alpha value is -0.450. The number of hydrogen-bond acceptors (Lipinski definition) is 2. The maximum absolute atomic E-state index is 12.8. The van der Waals surface area contributed by atoms with E-state index in [1.54, 1.807) is 0 Å². The molecule has 1 fully saturated rings. The van der Waals surface area contributed by atoms with Gasteiger partial charge in [0, 0.05) is 23.3 Å². The molecule has 0 N–H and O–H groups in total. The summed E-state index contributed by atoms with van der Waals surface area (Å²) in [6.45, 7) is 0. The Kier molecular flexibility index (Phi) is 3.38. The Morgan fingerprint density at radius 2 is 2.07 bits per heavy atom. The minimum absolute atomic E-state index is 0.127.